The van der Waals surface area contributed by atoms with Crippen LogP contribution in [0.15, 0.2) is 18.2 Å². The van der Waals surface area contributed by atoms with Crippen LogP contribution in [0.4, 0.5) is 5.69 Å². The molecule has 1 amide bonds. The molecule has 0 saturated heterocycles. The molecule has 0 radical (unpaired) electrons. The number of nitrogens with zero attached hydrogens (tertiary/aromatic N) is 1. The van der Waals surface area contributed by atoms with E-state index in [2.05, 4.69) is 5.32 Å². The van der Waals surface area contributed by atoms with Crippen LogP contribution in [0.5, 0.6) is 5.75 Å². The first-order valence-corrected chi connectivity index (χ1v) is 6.62. The molecule has 0 fully saturated rings. The third-order valence-corrected chi connectivity index (χ3v) is 2.55. The van der Waals surface area contributed by atoms with Crippen molar-refractivity contribution in [2.75, 3.05) is 6.54 Å². The van der Waals surface area contributed by atoms with E-state index in [0.717, 1.165) is 6.07 Å². The summed E-state index contributed by atoms with van der Waals surface area (Å²) in [5.41, 5.74) is -0.261. The smallest absolute Gasteiger partial charge is 0.312 e. The molecule has 0 aromatic heterocycles. The Morgan fingerprint density at radius 2 is 2.05 bits per heavy atom. The van der Waals surface area contributed by atoms with Crippen LogP contribution in [0.3, 0.4) is 0 Å². The first-order chi connectivity index (χ1) is 9.85. The number of nitro groups is 1. The van der Waals surface area contributed by atoms with Crippen molar-refractivity contribution < 1.29 is 19.2 Å². The minimum absolute atomic E-state index is 0.0890. The van der Waals surface area contributed by atoms with E-state index < -0.39 is 22.5 Å². The Bertz CT molecular complexity index is 554. The van der Waals surface area contributed by atoms with Crippen molar-refractivity contribution in [1.82, 2.24) is 5.32 Å². The number of esters is 1. The Morgan fingerprint density at radius 3 is 2.57 bits per heavy atom. The molecule has 0 aliphatic heterocycles. The van der Waals surface area contributed by atoms with E-state index in [1.807, 2.05) is 13.8 Å². The van der Waals surface area contributed by atoms with E-state index in [-0.39, 0.29) is 23.7 Å². The van der Waals surface area contributed by atoms with Gasteiger partial charge in [0, 0.05) is 24.6 Å². The van der Waals surface area contributed by atoms with Crippen LogP contribution in [0.25, 0.3) is 0 Å². The molecule has 0 heterocycles. The molecule has 1 aromatic rings. The van der Waals surface area contributed by atoms with Crippen molar-refractivity contribution in [3.05, 3.63) is 33.9 Å². The fourth-order valence-corrected chi connectivity index (χ4v) is 1.65. The molecule has 1 N–H and O–H groups in total. The number of hydrogen-bond acceptors (Lipinski definition) is 5. The number of benzene rings is 1. The van der Waals surface area contributed by atoms with Crippen molar-refractivity contribution in [2.45, 2.75) is 27.2 Å². The number of rotatable bonds is 6. The molecule has 0 aliphatic rings. The number of amides is 1. The zero-order chi connectivity index (χ0) is 16.0. The summed E-state index contributed by atoms with van der Waals surface area (Å²) in [6.45, 7) is 5.84. The highest BCUT2D eigenvalue weighted by molar-refractivity contribution is 5.95. The van der Waals surface area contributed by atoms with E-state index in [1.165, 1.54) is 12.1 Å². The highest BCUT2D eigenvalue weighted by atomic mass is 16.6. The summed E-state index contributed by atoms with van der Waals surface area (Å²) in [7, 11) is 0. The molecule has 1 aromatic carbocycles. The molecule has 7 nitrogen and oxygen atoms in total. The van der Waals surface area contributed by atoms with Gasteiger partial charge in [0.05, 0.1) is 4.92 Å². The van der Waals surface area contributed by atoms with E-state index in [4.69, 9.17) is 4.74 Å². The summed E-state index contributed by atoms with van der Waals surface area (Å²) in [5, 5.41) is 13.6. The van der Waals surface area contributed by atoms with Crippen molar-refractivity contribution in [1.29, 1.82) is 0 Å². The molecule has 1 rings (SSSR count). The Morgan fingerprint density at radius 1 is 1.38 bits per heavy atom. The van der Waals surface area contributed by atoms with Gasteiger partial charge in [-0.1, -0.05) is 13.8 Å². The Kier molecular flexibility index (Phi) is 5.83. The predicted octanol–water partition coefficient (Wildman–Crippen LogP) is 2.30. The van der Waals surface area contributed by atoms with Gasteiger partial charge in [0.2, 0.25) is 5.75 Å². The number of ether oxygens (including phenoxy) is 1. The van der Waals surface area contributed by atoms with Gasteiger partial charge in [0.1, 0.15) is 0 Å². The lowest BCUT2D eigenvalue weighted by molar-refractivity contribution is -0.385. The number of nitrogens with one attached hydrogen (secondary N) is 1. The van der Waals surface area contributed by atoms with Crippen molar-refractivity contribution >= 4 is 17.6 Å². The van der Waals surface area contributed by atoms with Gasteiger partial charge in [-0.2, -0.15) is 0 Å². The predicted molar refractivity (Wildman–Crippen MR) is 76.2 cm³/mol. The Balaban J connectivity index is 3.02. The molecule has 0 saturated carbocycles. The lowest BCUT2D eigenvalue weighted by Gasteiger charge is -2.08. The zero-order valence-corrected chi connectivity index (χ0v) is 12.2. The van der Waals surface area contributed by atoms with Gasteiger partial charge in [0.15, 0.2) is 0 Å². The topological polar surface area (TPSA) is 98.5 Å². The van der Waals surface area contributed by atoms with Crippen molar-refractivity contribution in [2.24, 2.45) is 5.92 Å². The number of nitro benzene ring substituents is 1. The van der Waals surface area contributed by atoms with Crippen LogP contribution in [-0.2, 0) is 4.79 Å². The molecule has 0 bridgehead atoms. The van der Waals surface area contributed by atoms with Crippen LogP contribution < -0.4 is 10.1 Å². The quantitative estimate of drug-likeness (QED) is 0.375. The fraction of sp³-hybridized carbons (Fsp3) is 0.429. The molecule has 114 valence electrons. The molecule has 21 heavy (non-hydrogen) atoms. The van der Waals surface area contributed by atoms with Gasteiger partial charge >= 0.3 is 11.7 Å². The Labute approximate surface area is 122 Å². The molecular formula is C14H18N2O5. The summed E-state index contributed by atoms with van der Waals surface area (Å²) >= 11 is 0. The number of carbonyl (C=O) groups is 2. The second-order valence-electron chi connectivity index (χ2n) is 4.87. The van der Waals surface area contributed by atoms with E-state index >= 15 is 0 Å². The van der Waals surface area contributed by atoms with Gasteiger partial charge in [-0.3, -0.25) is 19.7 Å². The maximum atomic E-state index is 11.7. The lowest BCUT2D eigenvalue weighted by atomic mass is 10.1. The van der Waals surface area contributed by atoms with Crippen LogP contribution in [-0.4, -0.2) is 23.3 Å². The summed E-state index contributed by atoms with van der Waals surface area (Å²) in [6, 6.07) is 3.75. The fourth-order valence-electron chi connectivity index (χ4n) is 1.65. The first kappa shape index (κ1) is 16.6. The minimum atomic E-state index is -0.680. The largest absolute Gasteiger partial charge is 0.419 e. The van der Waals surface area contributed by atoms with E-state index in [9.17, 15) is 19.7 Å². The second kappa shape index (κ2) is 7.37. The average Bonchev–Trinajstić information content (AvgIpc) is 2.38. The van der Waals surface area contributed by atoms with Crippen LogP contribution in [0.1, 0.15) is 37.6 Å². The van der Waals surface area contributed by atoms with Crippen molar-refractivity contribution in [3.8, 4) is 5.75 Å². The van der Waals surface area contributed by atoms with Crippen molar-refractivity contribution in [3.63, 3.8) is 0 Å². The zero-order valence-electron chi connectivity index (χ0n) is 12.2. The van der Waals surface area contributed by atoms with Gasteiger partial charge in [-0.15, -0.1) is 0 Å². The minimum Gasteiger partial charge on any atom is -0.419 e. The lowest BCUT2D eigenvalue weighted by Crippen LogP contribution is -2.22. The van der Waals surface area contributed by atoms with Crippen LogP contribution in [0, 0.1) is 16.0 Å². The van der Waals surface area contributed by atoms with Crippen LogP contribution in [0.2, 0.25) is 0 Å². The number of hydrogen-bond donors (Lipinski definition) is 1. The molecular weight excluding hydrogens is 276 g/mol. The van der Waals surface area contributed by atoms with Gasteiger partial charge in [-0.25, -0.2) is 0 Å². The Hall–Kier alpha value is -2.44. The highest BCUT2D eigenvalue weighted by Gasteiger charge is 2.21. The standard InChI is InChI=1S/C14H18N2O5/c1-4-15-14(18)10-5-6-12(11(8-10)16(19)20)21-13(17)7-9(2)3/h5-6,8-9H,4,7H2,1-3H3,(H,15,18). The molecule has 7 heteroatoms. The van der Waals surface area contributed by atoms with E-state index in [1.54, 1.807) is 6.92 Å². The molecule has 0 spiro atoms. The normalized spacial score (nSPS) is 10.3. The first-order valence-electron chi connectivity index (χ1n) is 6.62. The van der Waals surface area contributed by atoms with E-state index in [0.29, 0.717) is 6.54 Å². The summed E-state index contributed by atoms with van der Waals surface area (Å²) < 4.78 is 5.00. The maximum absolute atomic E-state index is 11.7. The summed E-state index contributed by atoms with van der Waals surface area (Å²) in [4.78, 5) is 33.6. The van der Waals surface area contributed by atoms with Gasteiger partial charge in [-0.05, 0) is 25.0 Å². The highest BCUT2D eigenvalue weighted by Crippen LogP contribution is 2.28. The van der Waals surface area contributed by atoms with Gasteiger partial charge in [0.25, 0.3) is 5.91 Å². The van der Waals surface area contributed by atoms with Crippen LogP contribution >= 0.6 is 0 Å². The van der Waals surface area contributed by atoms with Gasteiger partial charge < -0.3 is 10.1 Å². The third-order valence-electron chi connectivity index (χ3n) is 2.55. The second-order valence-corrected chi connectivity index (χ2v) is 4.87. The number of carbonyl (C=O) groups excluding carboxylic acids is 2. The molecule has 0 unspecified atom stereocenters. The average molecular weight is 294 g/mol. The summed E-state index contributed by atoms with van der Waals surface area (Å²) in [5.74, 6) is -1.02. The monoisotopic (exact) mass is 294 g/mol. The molecule has 0 aliphatic carbocycles. The third kappa shape index (κ3) is 4.87. The molecule has 0 atom stereocenters. The SMILES string of the molecule is CCNC(=O)c1ccc(OC(=O)CC(C)C)c([N+](=O)[O-])c1. The summed E-state index contributed by atoms with van der Waals surface area (Å²) in [6.07, 6.45) is 0.162. The maximum Gasteiger partial charge on any atom is 0.312 e.